The number of rotatable bonds is 5. The summed E-state index contributed by atoms with van der Waals surface area (Å²) in [5, 5.41) is 6.77. The maximum atomic E-state index is 5.72. The number of hydrogen-bond donors (Lipinski definition) is 1. The average Bonchev–Trinajstić information content (AvgIpc) is 2.81. The number of nitrogens with zero attached hydrogens (tertiary/aromatic N) is 1. The molecule has 0 atom stereocenters. The van der Waals surface area contributed by atoms with Crippen LogP contribution in [0.15, 0.2) is 35.0 Å². The Morgan fingerprint density at radius 1 is 1.35 bits per heavy atom. The Bertz CT molecular complexity index is 466. The number of aromatic nitrogens is 1. The van der Waals surface area contributed by atoms with Gasteiger partial charge in [0.25, 0.3) is 0 Å². The Morgan fingerprint density at radius 2 is 2.24 bits per heavy atom. The van der Waals surface area contributed by atoms with E-state index in [-0.39, 0.29) is 0 Å². The normalized spacial score (nSPS) is 10.5. The molecule has 0 radical (unpaired) electrons. The van der Waals surface area contributed by atoms with Crippen LogP contribution in [0.2, 0.25) is 0 Å². The van der Waals surface area contributed by atoms with Gasteiger partial charge < -0.3 is 14.6 Å². The van der Waals surface area contributed by atoms with Crippen LogP contribution in [-0.2, 0) is 13.2 Å². The molecule has 1 aromatic heterocycles. The Kier molecular flexibility index (Phi) is 3.77. The van der Waals surface area contributed by atoms with Gasteiger partial charge in [-0.1, -0.05) is 22.9 Å². The summed E-state index contributed by atoms with van der Waals surface area (Å²) in [5.41, 5.74) is 2.37. The van der Waals surface area contributed by atoms with E-state index in [0.29, 0.717) is 6.61 Å². The van der Waals surface area contributed by atoms with Gasteiger partial charge in [0.2, 0.25) is 0 Å². The largest absolute Gasteiger partial charge is 0.485 e. The third kappa shape index (κ3) is 3.07. The first kappa shape index (κ1) is 11.7. The quantitative estimate of drug-likeness (QED) is 0.859. The minimum atomic E-state index is 0.403. The van der Waals surface area contributed by atoms with Crippen molar-refractivity contribution >= 4 is 0 Å². The van der Waals surface area contributed by atoms with Gasteiger partial charge in [0.15, 0.2) is 5.76 Å². The van der Waals surface area contributed by atoms with Crippen LogP contribution in [-0.4, -0.2) is 12.2 Å². The van der Waals surface area contributed by atoms with Crippen LogP contribution >= 0.6 is 0 Å². The van der Waals surface area contributed by atoms with Crippen molar-refractivity contribution in [3.63, 3.8) is 0 Å². The summed E-state index contributed by atoms with van der Waals surface area (Å²) in [5.74, 6) is 1.60. The number of ether oxygens (including phenoxy) is 1. The van der Waals surface area contributed by atoms with E-state index < -0.39 is 0 Å². The molecule has 1 N–H and O–H groups in total. The molecule has 0 saturated heterocycles. The second-order valence-electron chi connectivity index (χ2n) is 3.91. The molecule has 4 heteroatoms. The SMILES string of the molecule is CNCc1cc(C)ccc1OCc1ccno1. The monoisotopic (exact) mass is 232 g/mol. The summed E-state index contributed by atoms with van der Waals surface area (Å²) in [6.07, 6.45) is 1.61. The minimum Gasteiger partial charge on any atom is -0.485 e. The van der Waals surface area contributed by atoms with Crippen molar-refractivity contribution < 1.29 is 9.26 Å². The fourth-order valence-electron chi connectivity index (χ4n) is 1.64. The lowest BCUT2D eigenvalue weighted by molar-refractivity contribution is 0.247. The molecule has 0 fully saturated rings. The smallest absolute Gasteiger partial charge is 0.174 e. The molecule has 2 aromatic rings. The van der Waals surface area contributed by atoms with Crippen LogP contribution in [0.25, 0.3) is 0 Å². The van der Waals surface area contributed by atoms with Gasteiger partial charge in [0.1, 0.15) is 12.4 Å². The van der Waals surface area contributed by atoms with Crippen molar-refractivity contribution in [3.05, 3.63) is 47.3 Å². The molecule has 0 aliphatic carbocycles. The molecule has 1 heterocycles. The predicted molar refractivity (Wildman–Crippen MR) is 64.8 cm³/mol. The zero-order chi connectivity index (χ0) is 12.1. The lowest BCUT2D eigenvalue weighted by Crippen LogP contribution is -2.07. The standard InChI is InChI=1S/C13H16N2O2/c1-10-3-4-13(11(7-10)8-14-2)16-9-12-5-6-15-17-12/h3-7,14H,8-9H2,1-2H3. The first-order valence-corrected chi connectivity index (χ1v) is 5.56. The van der Waals surface area contributed by atoms with Crippen molar-refractivity contribution in [2.45, 2.75) is 20.1 Å². The maximum absolute atomic E-state index is 5.72. The summed E-state index contributed by atoms with van der Waals surface area (Å²) in [6.45, 7) is 3.26. The molecule has 0 saturated carbocycles. The van der Waals surface area contributed by atoms with E-state index in [2.05, 4.69) is 23.5 Å². The van der Waals surface area contributed by atoms with Crippen LogP contribution in [0.3, 0.4) is 0 Å². The topological polar surface area (TPSA) is 47.3 Å². The van der Waals surface area contributed by atoms with Gasteiger partial charge in [0, 0.05) is 18.2 Å². The third-order valence-corrected chi connectivity index (χ3v) is 2.44. The molecule has 0 aliphatic rings. The molecule has 0 aliphatic heterocycles. The molecule has 0 amide bonds. The zero-order valence-electron chi connectivity index (χ0n) is 10.1. The Labute approximate surface area is 101 Å². The lowest BCUT2D eigenvalue weighted by Gasteiger charge is -2.10. The third-order valence-electron chi connectivity index (χ3n) is 2.44. The van der Waals surface area contributed by atoms with Crippen LogP contribution in [0.4, 0.5) is 0 Å². The maximum Gasteiger partial charge on any atom is 0.174 e. The highest BCUT2D eigenvalue weighted by atomic mass is 16.5. The molecule has 1 aromatic carbocycles. The zero-order valence-corrected chi connectivity index (χ0v) is 10.1. The van der Waals surface area contributed by atoms with Crippen molar-refractivity contribution in [3.8, 4) is 5.75 Å². The van der Waals surface area contributed by atoms with E-state index in [1.165, 1.54) is 5.56 Å². The highest BCUT2D eigenvalue weighted by molar-refractivity contribution is 5.36. The fraction of sp³-hybridized carbons (Fsp3) is 0.308. The molecule has 0 unspecified atom stereocenters. The summed E-state index contributed by atoms with van der Waals surface area (Å²) in [6, 6.07) is 7.94. The van der Waals surface area contributed by atoms with Crippen molar-refractivity contribution in [1.82, 2.24) is 10.5 Å². The lowest BCUT2D eigenvalue weighted by atomic mass is 10.1. The van der Waals surface area contributed by atoms with E-state index >= 15 is 0 Å². The molecule has 0 spiro atoms. The number of nitrogens with one attached hydrogen (secondary N) is 1. The first-order chi connectivity index (χ1) is 8.29. The van der Waals surface area contributed by atoms with Gasteiger partial charge in [-0.3, -0.25) is 0 Å². The predicted octanol–water partition coefficient (Wildman–Crippen LogP) is 2.28. The van der Waals surface area contributed by atoms with Gasteiger partial charge in [-0.25, -0.2) is 0 Å². The Hall–Kier alpha value is -1.81. The molecular formula is C13H16N2O2. The van der Waals surface area contributed by atoms with Gasteiger partial charge in [-0.05, 0) is 20.0 Å². The second-order valence-corrected chi connectivity index (χ2v) is 3.91. The molecule has 17 heavy (non-hydrogen) atoms. The van der Waals surface area contributed by atoms with E-state index in [9.17, 15) is 0 Å². The van der Waals surface area contributed by atoms with E-state index in [0.717, 1.165) is 23.6 Å². The summed E-state index contributed by atoms with van der Waals surface area (Å²) >= 11 is 0. The summed E-state index contributed by atoms with van der Waals surface area (Å²) in [7, 11) is 1.92. The van der Waals surface area contributed by atoms with Gasteiger partial charge in [-0.2, -0.15) is 0 Å². The highest BCUT2D eigenvalue weighted by Gasteiger charge is 2.05. The van der Waals surface area contributed by atoms with Crippen LogP contribution in [0, 0.1) is 6.92 Å². The molecule has 90 valence electrons. The van der Waals surface area contributed by atoms with Crippen molar-refractivity contribution in [2.75, 3.05) is 7.05 Å². The Morgan fingerprint density at radius 3 is 2.94 bits per heavy atom. The second kappa shape index (κ2) is 5.50. The van der Waals surface area contributed by atoms with E-state index in [4.69, 9.17) is 9.26 Å². The van der Waals surface area contributed by atoms with Crippen LogP contribution in [0.5, 0.6) is 5.75 Å². The van der Waals surface area contributed by atoms with Gasteiger partial charge in [0.05, 0.1) is 6.20 Å². The molecule has 4 nitrogen and oxygen atoms in total. The summed E-state index contributed by atoms with van der Waals surface area (Å²) < 4.78 is 10.7. The van der Waals surface area contributed by atoms with Gasteiger partial charge >= 0.3 is 0 Å². The Balaban J connectivity index is 2.08. The van der Waals surface area contributed by atoms with Crippen molar-refractivity contribution in [1.29, 1.82) is 0 Å². The van der Waals surface area contributed by atoms with E-state index in [1.807, 2.05) is 19.2 Å². The molecule has 2 rings (SSSR count). The van der Waals surface area contributed by atoms with Crippen LogP contribution in [0.1, 0.15) is 16.9 Å². The van der Waals surface area contributed by atoms with Crippen molar-refractivity contribution in [2.24, 2.45) is 0 Å². The first-order valence-electron chi connectivity index (χ1n) is 5.56. The number of aryl methyl sites for hydroxylation is 1. The van der Waals surface area contributed by atoms with Gasteiger partial charge in [-0.15, -0.1) is 0 Å². The van der Waals surface area contributed by atoms with Crippen LogP contribution < -0.4 is 10.1 Å². The van der Waals surface area contributed by atoms with E-state index in [1.54, 1.807) is 12.3 Å². The number of hydrogen-bond acceptors (Lipinski definition) is 4. The molecule has 0 bridgehead atoms. The average molecular weight is 232 g/mol. The number of benzene rings is 1. The fourth-order valence-corrected chi connectivity index (χ4v) is 1.64. The highest BCUT2D eigenvalue weighted by Crippen LogP contribution is 2.21. The minimum absolute atomic E-state index is 0.403. The summed E-state index contributed by atoms with van der Waals surface area (Å²) in [4.78, 5) is 0. The molecular weight excluding hydrogens is 216 g/mol.